The minimum absolute atomic E-state index is 0.324. The lowest BCUT2D eigenvalue weighted by Crippen LogP contribution is -2.17. The number of carbonyl (C=O) groups is 1. The van der Waals surface area contributed by atoms with Crippen LogP contribution in [0, 0.1) is 0 Å². The van der Waals surface area contributed by atoms with E-state index in [2.05, 4.69) is 26.5 Å². The second-order valence-electron chi connectivity index (χ2n) is 5.13. The van der Waals surface area contributed by atoms with Gasteiger partial charge in [-0.3, -0.25) is 4.79 Å². The molecule has 138 valence electrons. The summed E-state index contributed by atoms with van der Waals surface area (Å²) in [5, 5.41) is 4.01. The SMILES string of the molecule is CCOc1cc(/C=N/NC(=O)c2cccc(OC)c2)cc(Br)c1OCC. The third-order valence-electron chi connectivity index (χ3n) is 3.33. The number of amides is 1. The van der Waals surface area contributed by atoms with Crippen molar-refractivity contribution in [1.82, 2.24) is 5.43 Å². The van der Waals surface area contributed by atoms with Gasteiger partial charge in [0, 0.05) is 5.56 Å². The summed E-state index contributed by atoms with van der Waals surface area (Å²) in [6, 6.07) is 10.5. The molecule has 1 N–H and O–H groups in total. The molecule has 2 rings (SSSR count). The average Bonchev–Trinajstić information content (AvgIpc) is 2.64. The Balaban J connectivity index is 2.13. The summed E-state index contributed by atoms with van der Waals surface area (Å²) >= 11 is 3.47. The Morgan fingerprint density at radius 1 is 1.19 bits per heavy atom. The van der Waals surface area contributed by atoms with Gasteiger partial charge in [-0.05, 0) is 65.7 Å². The van der Waals surface area contributed by atoms with Crippen LogP contribution < -0.4 is 19.6 Å². The number of hydrazone groups is 1. The molecule has 0 aromatic heterocycles. The molecule has 0 heterocycles. The van der Waals surface area contributed by atoms with E-state index in [9.17, 15) is 4.79 Å². The predicted molar refractivity (Wildman–Crippen MR) is 105 cm³/mol. The first-order valence-electron chi connectivity index (χ1n) is 8.15. The fourth-order valence-corrected chi connectivity index (χ4v) is 2.78. The van der Waals surface area contributed by atoms with E-state index in [1.165, 1.54) is 0 Å². The lowest BCUT2D eigenvalue weighted by atomic mass is 10.2. The number of rotatable bonds is 8. The summed E-state index contributed by atoms with van der Waals surface area (Å²) < 4.78 is 17.1. The standard InChI is InChI=1S/C19H21BrN2O4/c1-4-25-17-10-13(9-16(20)18(17)26-5-2)12-21-22-19(23)14-7-6-8-15(11-14)24-3/h6-12H,4-5H2,1-3H3,(H,22,23)/b21-12+. The highest BCUT2D eigenvalue weighted by molar-refractivity contribution is 9.10. The maximum atomic E-state index is 12.1. The minimum Gasteiger partial charge on any atom is -0.497 e. The van der Waals surface area contributed by atoms with Crippen molar-refractivity contribution in [3.8, 4) is 17.2 Å². The molecule has 0 atom stereocenters. The molecule has 0 aliphatic carbocycles. The van der Waals surface area contributed by atoms with E-state index in [0.29, 0.717) is 36.0 Å². The Hall–Kier alpha value is -2.54. The van der Waals surface area contributed by atoms with Gasteiger partial charge in [-0.15, -0.1) is 0 Å². The lowest BCUT2D eigenvalue weighted by molar-refractivity contribution is 0.0955. The Labute approximate surface area is 161 Å². The molecule has 26 heavy (non-hydrogen) atoms. The summed E-state index contributed by atoms with van der Waals surface area (Å²) in [5.41, 5.74) is 3.72. The number of methoxy groups -OCH3 is 1. The van der Waals surface area contributed by atoms with Crippen LogP contribution >= 0.6 is 15.9 Å². The van der Waals surface area contributed by atoms with Crippen LogP contribution in [0.5, 0.6) is 17.2 Å². The highest BCUT2D eigenvalue weighted by atomic mass is 79.9. The summed E-state index contributed by atoms with van der Waals surface area (Å²) in [6.07, 6.45) is 1.54. The Bertz CT molecular complexity index is 793. The Morgan fingerprint density at radius 2 is 1.96 bits per heavy atom. The first-order chi connectivity index (χ1) is 12.6. The van der Waals surface area contributed by atoms with Gasteiger partial charge in [0.2, 0.25) is 0 Å². The van der Waals surface area contributed by atoms with Gasteiger partial charge in [0.05, 0.1) is 31.0 Å². The van der Waals surface area contributed by atoms with Gasteiger partial charge in [0.15, 0.2) is 11.5 Å². The van der Waals surface area contributed by atoms with Crippen LogP contribution in [0.1, 0.15) is 29.8 Å². The zero-order valence-corrected chi connectivity index (χ0v) is 16.5. The van der Waals surface area contributed by atoms with Gasteiger partial charge < -0.3 is 14.2 Å². The van der Waals surface area contributed by atoms with Crippen LogP contribution in [0.3, 0.4) is 0 Å². The monoisotopic (exact) mass is 420 g/mol. The van der Waals surface area contributed by atoms with Gasteiger partial charge in [-0.25, -0.2) is 5.43 Å². The number of ether oxygens (including phenoxy) is 3. The van der Waals surface area contributed by atoms with E-state index >= 15 is 0 Å². The molecule has 0 saturated carbocycles. The first-order valence-corrected chi connectivity index (χ1v) is 8.94. The molecule has 0 aliphatic heterocycles. The molecule has 0 unspecified atom stereocenters. The van der Waals surface area contributed by atoms with Crippen molar-refractivity contribution in [2.45, 2.75) is 13.8 Å². The zero-order valence-electron chi connectivity index (χ0n) is 14.9. The molecule has 1 amide bonds. The van der Waals surface area contributed by atoms with Crippen molar-refractivity contribution in [2.75, 3.05) is 20.3 Å². The second kappa shape index (κ2) is 9.82. The number of hydrogen-bond donors (Lipinski definition) is 1. The van der Waals surface area contributed by atoms with E-state index < -0.39 is 0 Å². The molecule has 2 aromatic carbocycles. The minimum atomic E-state index is -0.324. The third-order valence-corrected chi connectivity index (χ3v) is 3.92. The predicted octanol–water partition coefficient (Wildman–Crippen LogP) is 4.02. The molecule has 0 aliphatic rings. The molecular formula is C19H21BrN2O4. The Morgan fingerprint density at radius 3 is 2.65 bits per heavy atom. The van der Waals surface area contributed by atoms with Crippen LogP contribution in [-0.2, 0) is 0 Å². The molecule has 0 spiro atoms. The topological polar surface area (TPSA) is 69.2 Å². The van der Waals surface area contributed by atoms with Gasteiger partial charge in [-0.1, -0.05) is 6.07 Å². The zero-order chi connectivity index (χ0) is 18.9. The van der Waals surface area contributed by atoms with Crippen LogP contribution in [0.4, 0.5) is 0 Å². The quantitative estimate of drug-likeness (QED) is 0.517. The number of halogens is 1. The molecule has 6 nitrogen and oxygen atoms in total. The van der Waals surface area contributed by atoms with Crippen molar-refractivity contribution < 1.29 is 19.0 Å². The number of nitrogens with one attached hydrogen (secondary N) is 1. The molecule has 0 bridgehead atoms. The molecule has 0 radical (unpaired) electrons. The van der Waals surface area contributed by atoms with E-state index in [1.807, 2.05) is 19.9 Å². The smallest absolute Gasteiger partial charge is 0.271 e. The average molecular weight is 421 g/mol. The van der Waals surface area contributed by atoms with Gasteiger partial charge in [0.25, 0.3) is 5.91 Å². The number of nitrogens with zero attached hydrogens (tertiary/aromatic N) is 1. The fourth-order valence-electron chi connectivity index (χ4n) is 2.20. The maximum absolute atomic E-state index is 12.1. The molecule has 7 heteroatoms. The van der Waals surface area contributed by atoms with E-state index in [1.54, 1.807) is 43.7 Å². The molecular weight excluding hydrogens is 400 g/mol. The summed E-state index contributed by atoms with van der Waals surface area (Å²) in [7, 11) is 1.55. The van der Waals surface area contributed by atoms with Gasteiger partial charge >= 0.3 is 0 Å². The van der Waals surface area contributed by atoms with Crippen LogP contribution in [0.25, 0.3) is 0 Å². The van der Waals surface area contributed by atoms with Gasteiger partial charge in [0.1, 0.15) is 5.75 Å². The van der Waals surface area contributed by atoms with E-state index in [-0.39, 0.29) is 5.91 Å². The lowest BCUT2D eigenvalue weighted by Gasteiger charge is -2.13. The van der Waals surface area contributed by atoms with E-state index in [4.69, 9.17) is 14.2 Å². The Kier molecular flexibility index (Phi) is 7.47. The van der Waals surface area contributed by atoms with Crippen molar-refractivity contribution in [3.05, 3.63) is 52.0 Å². The second-order valence-corrected chi connectivity index (χ2v) is 5.98. The number of hydrogen-bond acceptors (Lipinski definition) is 5. The summed E-state index contributed by atoms with van der Waals surface area (Å²) in [4.78, 5) is 12.1. The van der Waals surface area contributed by atoms with Gasteiger partial charge in [-0.2, -0.15) is 5.10 Å². The van der Waals surface area contributed by atoms with Crippen molar-refractivity contribution in [1.29, 1.82) is 0 Å². The van der Waals surface area contributed by atoms with Crippen LogP contribution in [0.15, 0.2) is 46.0 Å². The van der Waals surface area contributed by atoms with Crippen molar-refractivity contribution in [3.63, 3.8) is 0 Å². The first kappa shape index (κ1) is 19.8. The van der Waals surface area contributed by atoms with Crippen molar-refractivity contribution in [2.24, 2.45) is 5.10 Å². The molecule has 0 saturated heterocycles. The highest BCUT2D eigenvalue weighted by Gasteiger charge is 2.11. The van der Waals surface area contributed by atoms with Crippen molar-refractivity contribution >= 4 is 28.1 Å². The normalized spacial score (nSPS) is 10.6. The largest absolute Gasteiger partial charge is 0.497 e. The molecule has 2 aromatic rings. The molecule has 0 fully saturated rings. The summed E-state index contributed by atoms with van der Waals surface area (Å²) in [5.74, 6) is 1.55. The number of carbonyl (C=O) groups excluding carboxylic acids is 1. The van der Waals surface area contributed by atoms with E-state index in [0.717, 1.165) is 10.0 Å². The maximum Gasteiger partial charge on any atom is 0.271 e. The van der Waals surface area contributed by atoms with Crippen LogP contribution in [-0.4, -0.2) is 32.4 Å². The fraction of sp³-hybridized carbons (Fsp3) is 0.263. The third kappa shape index (κ3) is 5.23. The highest BCUT2D eigenvalue weighted by Crippen LogP contribution is 2.36. The van der Waals surface area contributed by atoms with Crippen LogP contribution in [0.2, 0.25) is 0 Å². The number of benzene rings is 2. The summed E-state index contributed by atoms with van der Waals surface area (Å²) in [6.45, 7) is 4.85.